The second-order valence-corrected chi connectivity index (χ2v) is 25.4. The third kappa shape index (κ3) is 36.6. The van der Waals surface area contributed by atoms with E-state index in [-0.39, 0.29) is 50.3 Å². The quantitative estimate of drug-likeness (QED) is 0.0156. The lowest BCUT2D eigenvalue weighted by molar-refractivity contribution is -0.173. The van der Waals surface area contributed by atoms with Crippen LogP contribution in [-0.2, 0) is 113 Å². The van der Waals surface area contributed by atoms with Crippen molar-refractivity contribution in [3.63, 3.8) is 0 Å². The van der Waals surface area contributed by atoms with Crippen molar-refractivity contribution in [3.05, 3.63) is 95.1 Å². The van der Waals surface area contributed by atoms with Crippen LogP contribution in [0.15, 0.2) is 72.8 Å². The van der Waals surface area contributed by atoms with E-state index >= 15 is 0 Å². The first kappa shape index (κ1) is 89.1. The topological polar surface area (TPSA) is 386 Å². The zero-order valence-electron chi connectivity index (χ0n) is 59.4. The number of ether oxygens (including phenoxy) is 12. The van der Waals surface area contributed by atoms with Gasteiger partial charge in [-0.25, -0.2) is 33.6 Å². The zero-order chi connectivity index (χ0) is 76.2. The minimum atomic E-state index is -1.55. The fourth-order valence-electron chi connectivity index (χ4n) is 8.17. The van der Waals surface area contributed by atoms with Crippen LogP contribution < -0.4 is 16.0 Å². The van der Waals surface area contributed by atoms with Crippen LogP contribution in [0.5, 0.6) is 0 Å². The van der Waals surface area contributed by atoms with Gasteiger partial charge in [0.1, 0.15) is 43.0 Å². The lowest BCUT2D eigenvalue weighted by Gasteiger charge is -2.26. The number of Topliss-reactive ketones (excluding diaryl/α,β-unsaturated/α-hetero) is 2. The van der Waals surface area contributed by atoms with E-state index in [1.807, 2.05) is 26.0 Å². The number of nitrogens with one attached hydrogen (secondary N) is 3. The van der Waals surface area contributed by atoms with E-state index < -0.39 is 128 Å². The van der Waals surface area contributed by atoms with Gasteiger partial charge in [-0.1, -0.05) is 94.9 Å². The number of urea groups is 1. The first-order chi connectivity index (χ1) is 48.4. The smallest absolute Gasteiger partial charge is 0.465 e. The number of halogens is 2. The van der Waals surface area contributed by atoms with Gasteiger partial charge in [0.2, 0.25) is 0 Å². The van der Waals surface area contributed by atoms with E-state index in [1.54, 1.807) is 60.7 Å². The number of rotatable bonds is 44. The van der Waals surface area contributed by atoms with Gasteiger partial charge in [-0.3, -0.25) is 33.6 Å². The average molecular weight is 1570 g/mol. The highest BCUT2D eigenvalue weighted by atomic mass is 79.9. The van der Waals surface area contributed by atoms with Gasteiger partial charge in [-0.15, -0.1) is 0 Å². The van der Waals surface area contributed by atoms with E-state index in [2.05, 4.69) is 47.8 Å². The Morgan fingerprint density at radius 3 is 1.25 bits per heavy atom. The van der Waals surface area contributed by atoms with Crippen LogP contribution in [0.2, 0.25) is 0 Å². The summed E-state index contributed by atoms with van der Waals surface area (Å²) in [5.74, 6) is -6.67. The molecule has 3 rings (SSSR count). The van der Waals surface area contributed by atoms with Crippen molar-refractivity contribution in [1.82, 2.24) is 5.32 Å². The first-order valence-electron chi connectivity index (χ1n) is 33.2. The molecule has 0 aliphatic carbocycles. The Morgan fingerprint density at radius 2 is 0.824 bits per heavy atom. The summed E-state index contributed by atoms with van der Waals surface area (Å²) in [6, 6.07) is 19.9. The molecular formula is C71H95Br2N3O26. The van der Waals surface area contributed by atoms with Crippen molar-refractivity contribution in [2.75, 3.05) is 80.7 Å². The summed E-state index contributed by atoms with van der Waals surface area (Å²) >= 11 is 6.44. The fourth-order valence-corrected chi connectivity index (χ4v) is 8.63. The molecule has 102 heavy (non-hydrogen) atoms. The molecule has 29 nitrogen and oxygen atoms in total. The molecule has 564 valence electrons. The van der Waals surface area contributed by atoms with Crippen molar-refractivity contribution >= 4 is 127 Å². The van der Waals surface area contributed by atoms with Crippen LogP contribution in [-0.4, -0.2) is 178 Å². The Morgan fingerprint density at radius 1 is 0.422 bits per heavy atom. The van der Waals surface area contributed by atoms with Gasteiger partial charge in [0.15, 0.2) is 30.2 Å². The van der Waals surface area contributed by atoms with E-state index in [4.69, 9.17) is 56.8 Å². The molecule has 3 aromatic rings. The average Bonchev–Trinajstić information content (AvgIpc) is 0.866. The van der Waals surface area contributed by atoms with Gasteiger partial charge in [-0.2, -0.15) is 0 Å². The standard InChI is InChI=1S/C49H60BrN3O15.C22H35BrO11/c1-6-11-41(55)28-35-12-20-39(21-13-35)52-43(57)38-18-16-37(17-19-38)42(56)29-36-14-22-40(23-15-36)53-47(61)51-25-8-7-9-26-63-44(58)32(2)67-45(59)33(3)68-48(62)66-31-49(5,30-65-34(4)54)46(60)64-27-10-24-50;1-6-7-8-11-29-18(25)15(2)33-19(26)16(3)34-21(28)32-14-22(5,13-31-17(4)24)20(27)30-12-9-10-23/h12-23,32-33H,6-11,24-31H2,1-5H3,(H,52,57)(H2,51,53,61);15-16H,6-14H2,1-5H3. The molecule has 6 atom stereocenters. The number of amides is 3. The molecule has 0 saturated carbocycles. The maximum absolute atomic E-state index is 13.0. The van der Waals surface area contributed by atoms with Crippen molar-refractivity contribution in [2.24, 2.45) is 10.8 Å². The van der Waals surface area contributed by atoms with Gasteiger partial charge in [0, 0.05) is 72.8 Å². The molecule has 0 radical (unpaired) electrons. The summed E-state index contributed by atoms with van der Waals surface area (Å²) in [7, 11) is 0. The maximum Gasteiger partial charge on any atom is 0.509 e. The molecule has 0 aliphatic rings. The molecule has 0 saturated heterocycles. The molecular weight excluding hydrogens is 1470 g/mol. The molecule has 3 N–H and O–H groups in total. The van der Waals surface area contributed by atoms with Crippen molar-refractivity contribution < 1.29 is 124 Å². The molecule has 0 aliphatic heterocycles. The Hall–Kier alpha value is -9.00. The minimum absolute atomic E-state index is 0.0220. The molecule has 0 heterocycles. The number of alkyl halides is 2. The summed E-state index contributed by atoms with van der Waals surface area (Å²) in [4.78, 5) is 171. The van der Waals surface area contributed by atoms with Gasteiger partial charge < -0.3 is 72.8 Å². The highest BCUT2D eigenvalue weighted by Gasteiger charge is 2.41. The number of carbonyl (C=O) groups is 14. The number of esters is 8. The Bertz CT molecular complexity index is 3220. The number of hydrogen-bond acceptors (Lipinski definition) is 26. The summed E-state index contributed by atoms with van der Waals surface area (Å²) in [5, 5.41) is 9.51. The molecule has 3 amide bonds. The predicted molar refractivity (Wildman–Crippen MR) is 374 cm³/mol. The molecule has 0 fully saturated rings. The lowest BCUT2D eigenvalue weighted by atomic mass is 9.93. The Kier molecular flexibility index (Phi) is 42.6. The third-order valence-corrected chi connectivity index (χ3v) is 15.3. The second kappa shape index (κ2) is 48.8. The molecule has 3 aromatic carbocycles. The third-order valence-electron chi connectivity index (χ3n) is 14.2. The fraction of sp³-hybridized carbons (Fsp3) is 0.549. The lowest BCUT2D eigenvalue weighted by Crippen LogP contribution is -2.41. The minimum Gasteiger partial charge on any atom is -0.465 e. The van der Waals surface area contributed by atoms with Crippen LogP contribution >= 0.6 is 31.9 Å². The van der Waals surface area contributed by atoms with E-state index in [9.17, 15) is 67.1 Å². The van der Waals surface area contributed by atoms with Gasteiger partial charge in [-0.05, 0) is 134 Å². The SMILES string of the molecule is CCCC(=O)Cc1ccc(NC(=O)c2ccc(C(=O)Cc3ccc(NC(=O)NCCCCCOC(=O)C(C)OC(=O)C(C)OC(=O)OCC(C)(COC(C)=O)C(=O)OCCCBr)cc3)cc2)cc1.CCCCCOC(=O)C(C)OC(=O)C(C)OC(=O)OCC(C)(COC(C)=O)C(=O)OCCCBr. The van der Waals surface area contributed by atoms with Crippen LogP contribution in [0.1, 0.15) is 165 Å². The first-order valence-corrected chi connectivity index (χ1v) is 35.5. The molecule has 0 aromatic heterocycles. The number of anilines is 2. The van der Waals surface area contributed by atoms with Gasteiger partial charge in [0.25, 0.3) is 5.91 Å². The molecule has 31 heteroatoms. The highest BCUT2D eigenvalue weighted by Crippen LogP contribution is 2.24. The van der Waals surface area contributed by atoms with Crippen molar-refractivity contribution in [3.8, 4) is 0 Å². The van der Waals surface area contributed by atoms with E-state index in [0.717, 1.165) is 37.3 Å². The summed E-state index contributed by atoms with van der Waals surface area (Å²) in [6.07, 6.45) is -0.873. The Balaban J connectivity index is 0.000000873. The molecule has 0 bridgehead atoms. The summed E-state index contributed by atoms with van der Waals surface area (Å²) in [6.45, 7) is 12.9. The van der Waals surface area contributed by atoms with Crippen molar-refractivity contribution in [1.29, 1.82) is 0 Å². The molecule has 6 unspecified atom stereocenters. The Labute approximate surface area is 610 Å². The van der Waals surface area contributed by atoms with Crippen molar-refractivity contribution in [2.45, 2.75) is 171 Å². The van der Waals surface area contributed by atoms with Gasteiger partial charge in [0.05, 0.1) is 26.4 Å². The largest absolute Gasteiger partial charge is 0.509 e. The highest BCUT2D eigenvalue weighted by molar-refractivity contribution is 9.09. The number of carbonyl (C=O) groups excluding carboxylic acids is 14. The van der Waals surface area contributed by atoms with Crippen LogP contribution in [0.25, 0.3) is 0 Å². The molecule has 0 spiro atoms. The summed E-state index contributed by atoms with van der Waals surface area (Å²) < 4.78 is 60.1. The van der Waals surface area contributed by atoms with E-state index in [1.165, 1.54) is 48.5 Å². The predicted octanol–water partition coefficient (Wildman–Crippen LogP) is 10.6. The normalized spacial score (nSPS) is 13.0. The maximum atomic E-state index is 13.0. The number of benzene rings is 3. The zero-order valence-corrected chi connectivity index (χ0v) is 62.5. The van der Waals surface area contributed by atoms with E-state index in [0.29, 0.717) is 91.1 Å². The van der Waals surface area contributed by atoms with Crippen LogP contribution in [0, 0.1) is 10.8 Å². The van der Waals surface area contributed by atoms with Crippen LogP contribution in [0.3, 0.4) is 0 Å². The number of hydrogen-bond donors (Lipinski definition) is 3. The second-order valence-electron chi connectivity index (χ2n) is 23.8. The monoisotopic (exact) mass is 1560 g/mol. The number of ketones is 2. The van der Waals surface area contributed by atoms with Gasteiger partial charge >= 0.3 is 66.1 Å². The van der Waals surface area contributed by atoms with Crippen LogP contribution in [0.4, 0.5) is 25.8 Å². The number of unbranched alkanes of at least 4 members (excludes halogenated alkanes) is 4. The summed E-state index contributed by atoms with van der Waals surface area (Å²) in [5.41, 5.74) is 0.517.